The van der Waals surface area contributed by atoms with Crippen molar-refractivity contribution in [2.45, 2.75) is 26.4 Å². The molecule has 2 N–H and O–H groups in total. The Balaban J connectivity index is 1.73. The number of carbonyl (C=O) groups excluding carboxylic acids is 2. The van der Waals surface area contributed by atoms with Crippen LogP contribution in [0.1, 0.15) is 18.9 Å². The maximum atomic E-state index is 12.7. The van der Waals surface area contributed by atoms with Crippen molar-refractivity contribution in [2.75, 3.05) is 29.9 Å². The zero-order chi connectivity index (χ0) is 21.7. The minimum Gasteiger partial charge on any atom is -0.477 e. The molecule has 1 aliphatic rings. The van der Waals surface area contributed by atoms with Gasteiger partial charge in [-0.2, -0.15) is 0 Å². The molecule has 0 saturated heterocycles. The molecule has 0 aromatic heterocycles. The summed E-state index contributed by atoms with van der Waals surface area (Å²) in [5.41, 5.74) is 1.79. The Kier molecular flexibility index (Phi) is 6.51. The van der Waals surface area contributed by atoms with Crippen LogP contribution in [0.15, 0.2) is 42.5 Å². The van der Waals surface area contributed by atoms with Gasteiger partial charge in [0.05, 0.1) is 23.7 Å². The van der Waals surface area contributed by atoms with Gasteiger partial charge in [0.1, 0.15) is 5.75 Å². The number of ether oxygens (including phenoxy) is 1. The quantitative estimate of drug-likeness (QED) is 0.534. The van der Waals surface area contributed by atoms with Crippen molar-refractivity contribution in [1.29, 1.82) is 0 Å². The first kappa shape index (κ1) is 21.1. The van der Waals surface area contributed by atoms with Gasteiger partial charge in [0, 0.05) is 24.4 Å². The summed E-state index contributed by atoms with van der Waals surface area (Å²) in [6, 6.07) is 11.5. The average Bonchev–Trinajstić information content (AvgIpc) is 2.73. The van der Waals surface area contributed by atoms with Gasteiger partial charge in [-0.3, -0.25) is 19.7 Å². The molecule has 9 heteroatoms. The Labute approximate surface area is 174 Å². The van der Waals surface area contributed by atoms with Crippen molar-refractivity contribution in [3.63, 3.8) is 0 Å². The first-order valence-electron chi connectivity index (χ1n) is 9.72. The summed E-state index contributed by atoms with van der Waals surface area (Å²) >= 11 is 0. The minimum absolute atomic E-state index is 0.00829. The number of carbonyl (C=O) groups is 2. The molecule has 2 aromatic rings. The molecule has 0 saturated carbocycles. The molecule has 0 aliphatic carbocycles. The normalized spacial score (nSPS) is 15.0. The number of rotatable bonds is 7. The van der Waals surface area contributed by atoms with Gasteiger partial charge in [-0.15, -0.1) is 0 Å². The molecule has 0 radical (unpaired) electrons. The van der Waals surface area contributed by atoms with E-state index in [4.69, 9.17) is 4.74 Å². The van der Waals surface area contributed by atoms with Crippen molar-refractivity contribution < 1.29 is 19.2 Å². The van der Waals surface area contributed by atoms with Crippen molar-refractivity contribution >= 4 is 28.9 Å². The van der Waals surface area contributed by atoms with E-state index in [9.17, 15) is 19.7 Å². The van der Waals surface area contributed by atoms with Crippen LogP contribution in [0.25, 0.3) is 0 Å². The third-order valence-corrected chi connectivity index (χ3v) is 4.73. The number of nitro benzene ring substituents is 1. The first-order chi connectivity index (χ1) is 14.4. The number of aryl methyl sites for hydroxylation is 1. The van der Waals surface area contributed by atoms with Gasteiger partial charge in [-0.05, 0) is 37.1 Å². The van der Waals surface area contributed by atoms with Gasteiger partial charge in [0.15, 0.2) is 6.10 Å². The number of para-hydroxylation sites is 2. The SMILES string of the molecule is CCCNC(=O)[C@@H]1CN(CC(=O)Nc2ccc([N+](=O)[O-])cc2C)c2ccccc2O1. The number of nitrogens with one attached hydrogen (secondary N) is 2. The van der Waals surface area contributed by atoms with Crippen LogP contribution in [-0.4, -0.2) is 42.5 Å². The lowest BCUT2D eigenvalue weighted by molar-refractivity contribution is -0.384. The Bertz CT molecular complexity index is 962. The first-order valence-corrected chi connectivity index (χ1v) is 9.72. The fourth-order valence-corrected chi connectivity index (χ4v) is 3.22. The third-order valence-electron chi connectivity index (χ3n) is 4.73. The fourth-order valence-electron chi connectivity index (χ4n) is 3.22. The number of nitro groups is 1. The second-order valence-electron chi connectivity index (χ2n) is 7.05. The van der Waals surface area contributed by atoms with Crippen LogP contribution in [0, 0.1) is 17.0 Å². The van der Waals surface area contributed by atoms with Crippen LogP contribution in [0.5, 0.6) is 5.75 Å². The van der Waals surface area contributed by atoms with Gasteiger partial charge in [0.25, 0.3) is 11.6 Å². The molecule has 158 valence electrons. The molecule has 1 aliphatic heterocycles. The highest BCUT2D eigenvalue weighted by Gasteiger charge is 2.31. The van der Waals surface area contributed by atoms with E-state index in [1.54, 1.807) is 17.9 Å². The number of hydrogen-bond donors (Lipinski definition) is 2. The highest BCUT2D eigenvalue weighted by atomic mass is 16.6. The van der Waals surface area contributed by atoms with Crippen molar-refractivity contribution in [1.82, 2.24) is 5.32 Å². The lowest BCUT2D eigenvalue weighted by atomic mass is 10.1. The van der Waals surface area contributed by atoms with E-state index in [1.165, 1.54) is 18.2 Å². The molecule has 1 heterocycles. The number of anilines is 2. The summed E-state index contributed by atoms with van der Waals surface area (Å²) in [5, 5.41) is 16.5. The van der Waals surface area contributed by atoms with E-state index < -0.39 is 11.0 Å². The summed E-state index contributed by atoms with van der Waals surface area (Å²) in [6.45, 7) is 4.46. The zero-order valence-electron chi connectivity index (χ0n) is 16.9. The minimum atomic E-state index is -0.722. The number of non-ortho nitro benzene ring substituents is 1. The van der Waals surface area contributed by atoms with E-state index in [0.29, 0.717) is 23.5 Å². The van der Waals surface area contributed by atoms with Gasteiger partial charge in [-0.1, -0.05) is 19.1 Å². The summed E-state index contributed by atoms with van der Waals surface area (Å²) in [4.78, 5) is 37.3. The van der Waals surface area contributed by atoms with E-state index in [-0.39, 0.29) is 30.6 Å². The molecule has 2 amide bonds. The lowest BCUT2D eigenvalue weighted by Crippen LogP contribution is -2.50. The van der Waals surface area contributed by atoms with Crippen LogP contribution in [0.4, 0.5) is 17.1 Å². The van der Waals surface area contributed by atoms with E-state index in [1.807, 2.05) is 25.1 Å². The van der Waals surface area contributed by atoms with E-state index in [2.05, 4.69) is 10.6 Å². The maximum Gasteiger partial charge on any atom is 0.269 e. The van der Waals surface area contributed by atoms with Gasteiger partial charge < -0.3 is 20.3 Å². The van der Waals surface area contributed by atoms with Crippen LogP contribution in [0.2, 0.25) is 0 Å². The summed E-state index contributed by atoms with van der Waals surface area (Å²) in [6.07, 6.45) is 0.0933. The molecule has 0 spiro atoms. The van der Waals surface area contributed by atoms with Crippen LogP contribution >= 0.6 is 0 Å². The predicted octanol–water partition coefficient (Wildman–Crippen LogP) is 2.64. The number of fused-ring (bicyclic) bond motifs is 1. The van der Waals surface area contributed by atoms with Crippen molar-refractivity contribution in [3.05, 3.63) is 58.1 Å². The van der Waals surface area contributed by atoms with Crippen molar-refractivity contribution in [2.24, 2.45) is 0 Å². The molecule has 0 bridgehead atoms. The Hall–Kier alpha value is -3.62. The number of amides is 2. The maximum absolute atomic E-state index is 12.7. The molecule has 9 nitrogen and oxygen atoms in total. The highest BCUT2D eigenvalue weighted by molar-refractivity contribution is 5.95. The molecule has 0 unspecified atom stereocenters. The molecular formula is C21H24N4O5. The van der Waals surface area contributed by atoms with Crippen LogP contribution < -0.4 is 20.3 Å². The number of benzene rings is 2. The predicted molar refractivity (Wildman–Crippen MR) is 113 cm³/mol. The summed E-state index contributed by atoms with van der Waals surface area (Å²) in [5.74, 6) is 0.0269. The largest absolute Gasteiger partial charge is 0.477 e. The number of hydrogen-bond acceptors (Lipinski definition) is 6. The third kappa shape index (κ3) is 4.86. The number of nitrogens with zero attached hydrogens (tertiary/aromatic N) is 2. The molecule has 0 fully saturated rings. The van der Waals surface area contributed by atoms with Crippen LogP contribution in [-0.2, 0) is 9.59 Å². The van der Waals surface area contributed by atoms with Gasteiger partial charge >= 0.3 is 0 Å². The smallest absolute Gasteiger partial charge is 0.269 e. The topological polar surface area (TPSA) is 114 Å². The Morgan fingerprint density at radius 3 is 2.73 bits per heavy atom. The van der Waals surface area contributed by atoms with E-state index >= 15 is 0 Å². The summed E-state index contributed by atoms with van der Waals surface area (Å²) in [7, 11) is 0. The summed E-state index contributed by atoms with van der Waals surface area (Å²) < 4.78 is 5.83. The van der Waals surface area contributed by atoms with E-state index in [0.717, 1.165) is 12.1 Å². The van der Waals surface area contributed by atoms with Crippen molar-refractivity contribution in [3.8, 4) is 5.75 Å². The Morgan fingerprint density at radius 2 is 2.03 bits per heavy atom. The fraction of sp³-hybridized carbons (Fsp3) is 0.333. The van der Waals surface area contributed by atoms with Gasteiger partial charge in [0.2, 0.25) is 5.91 Å². The molecule has 1 atom stereocenters. The monoisotopic (exact) mass is 412 g/mol. The average molecular weight is 412 g/mol. The second kappa shape index (κ2) is 9.25. The molecule has 30 heavy (non-hydrogen) atoms. The highest BCUT2D eigenvalue weighted by Crippen LogP contribution is 2.33. The van der Waals surface area contributed by atoms with Gasteiger partial charge in [-0.25, -0.2) is 0 Å². The molecular weight excluding hydrogens is 388 g/mol. The molecule has 3 rings (SSSR count). The second-order valence-corrected chi connectivity index (χ2v) is 7.05. The Morgan fingerprint density at radius 1 is 1.27 bits per heavy atom. The zero-order valence-corrected chi connectivity index (χ0v) is 16.9. The lowest BCUT2D eigenvalue weighted by Gasteiger charge is -2.35. The molecule has 2 aromatic carbocycles. The van der Waals surface area contributed by atoms with Crippen LogP contribution in [0.3, 0.4) is 0 Å². The standard InChI is InChI=1S/C21H24N4O5/c1-3-10-22-21(27)19-12-24(17-6-4-5-7-18(17)30-19)13-20(26)23-16-9-8-15(25(28)29)11-14(16)2/h4-9,11,19H,3,10,12-13H2,1-2H3,(H,22,27)(H,23,26)/t19-/m0/s1.